The van der Waals surface area contributed by atoms with E-state index in [2.05, 4.69) is 22.2 Å². The number of carboxylic acids is 1. The molecule has 1 N–H and O–H groups in total. The van der Waals surface area contributed by atoms with Crippen molar-refractivity contribution < 1.29 is 9.90 Å². The maximum absolute atomic E-state index is 11.4. The molecule has 2 aromatic heterocycles. The van der Waals surface area contributed by atoms with Crippen LogP contribution in [0.1, 0.15) is 38.1 Å². The average Bonchev–Trinajstić information content (AvgIpc) is 2.98. The van der Waals surface area contributed by atoms with E-state index in [-0.39, 0.29) is 0 Å². The Morgan fingerprint density at radius 3 is 2.90 bits per heavy atom. The Hall–Kier alpha value is -2.36. The van der Waals surface area contributed by atoms with E-state index in [9.17, 15) is 9.90 Å². The summed E-state index contributed by atoms with van der Waals surface area (Å²) in [5.41, 5.74) is 5.40. The second-order valence-corrected chi connectivity index (χ2v) is 5.42. The molecule has 0 spiro atoms. The summed E-state index contributed by atoms with van der Waals surface area (Å²) in [7, 11) is 0. The molecule has 1 aliphatic heterocycles. The number of aliphatic carboxylic acids is 1. The number of fused-ring (bicyclic) bond motifs is 3. The highest BCUT2D eigenvalue weighted by Crippen LogP contribution is 2.37. The predicted molar refractivity (Wildman–Crippen MR) is 83.9 cm³/mol. The normalized spacial score (nSPS) is 16.1. The van der Waals surface area contributed by atoms with Crippen molar-refractivity contribution >= 4 is 28.0 Å². The fraction of sp³-hybridized carbons (Fsp3) is 0.294. The molecule has 0 bridgehead atoms. The van der Waals surface area contributed by atoms with Crippen LogP contribution in [0.2, 0.25) is 0 Å². The Labute approximate surface area is 123 Å². The van der Waals surface area contributed by atoms with E-state index >= 15 is 0 Å². The molecule has 108 valence electrons. The van der Waals surface area contributed by atoms with Gasteiger partial charge in [-0.15, -0.1) is 0 Å². The molecular formula is C17H18N2O2. The van der Waals surface area contributed by atoms with E-state index < -0.39 is 5.97 Å². The molecule has 4 heteroatoms. The van der Waals surface area contributed by atoms with Crippen LogP contribution in [0.15, 0.2) is 30.5 Å². The number of aromatic nitrogens is 2. The molecule has 21 heavy (non-hydrogen) atoms. The van der Waals surface area contributed by atoms with Gasteiger partial charge in [-0.1, -0.05) is 13.5 Å². The summed E-state index contributed by atoms with van der Waals surface area (Å²) in [6, 6.07) is 4.05. The molecule has 3 heterocycles. The van der Waals surface area contributed by atoms with E-state index in [1.54, 1.807) is 6.20 Å². The first-order valence-corrected chi connectivity index (χ1v) is 7.14. The second-order valence-electron chi connectivity index (χ2n) is 5.42. The third-order valence-corrected chi connectivity index (χ3v) is 4.10. The summed E-state index contributed by atoms with van der Waals surface area (Å²) in [4.78, 5) is 15.8. The Morgan fingerprint density at radius 1 is 1.52 bits per heavy atom. The zero-order valence-electron chi connectivity index (χ0n) is 12.3. The largest absolute Gasteiger partial charge is 0.478 e. The number of rotatable bonds is 3. The van der Waals surface area contributed by atoms with Gasteiger partial charge in [0, 0.05) is 29.4 Å². The molecule has 0 radical (unpaired) electrons. The van der Waals surface area contributed by atoms with Crippen LogP contribution in [0.3, 0.4) is 0 Å². The molecular weight excluding hydrogens is 264 g/mol. The highest BCUT2D eigenvalue weighted by atomic mass is 16.4. The number of allylic oxidation sites excluding steroid dienone is 2. The fourth-order valence-corrected chi connectivity index (χ4v) is 3.17. The van der Waals surface area contributed by atoms with Crippen molar-refractivity contribution in [3.63, 3.8) is 0 Å². The van der Waals surface area contributed by atoms with Gasteiger partial charge >= 0.3 is 5.97 Å². The quantitative estimate of drug-likeness (QED) is 0.873. The molecule has 2 aromatic rings. The van der Waals surface area contributed by atoms with Crippen molar-refractivity contribution in [2.24, 2.45) is 0 Å². The predicted octanol–water partition coefficient (Wildman–Crippen LogP) is 3.72. The minimum atomic E-state index is -0.815. The second kappa shape index (κ2) is 4.88. The molecule has 4 nitrogen and oxygen atoms in total. The molecule has 0 fully saturated rings. The van der Waals surface area contributed by atoms with E-state index in [1.165, 1.54) is 0 Å². The van der Waals surface area contributed by atoms with E-state index in [0.717, 1.165) is 46.4 Å². The van der Waals surface area contributed by atoms with E-state index in [1.807, 2.05) is 19.9 Å². The van der Waals surface area contributed by atoms with Gasteiger partial charge in [-0.25, -0.2) is 4.79 Å². The van der Waals surface area contributed by atoms with Crippen LogP contribution < -0.4 is 0 Å². The van der Waals surface area contributed by atoms with Crippen LogP contribution >= 0.6 is 0 Å². The first-order chi connectivity index (χ1) is 10.0. The number of pyridine rings is 1. The Morgan fingerprint density at radius 2 is 2.29 bits per heavy atom. The van der Waals surface area contributed by atoms with Crippen LogP contribution in [0.25, 0.3) is 22.0 Å². The first kappa shape index (κ1) is 13.6. The summed E-state index contributed by atoms with van der Waals surface area (Å²) >= 11 is 0. The number of aryl methyl sites for hydroxylation is 1. The van der Waals surface area contributed by atoms with Gasteiger partial charge in [0.1, 0.15) is 0 Å². The van der Waals surface area contributed by atoms with Crippen molar-refractivity contribution in [2.75, 3.05) is 0 Å². The zero-order chi connectivity index (χ0) is 15.1. The van der Waals surface area contributed by atoms with Crippen molar-refractivity contribution in [2.45, 2.75) is 33.2 Å². The van der Waals surface area contributed by atoms with Crippen molar-refractivity contribution in [1.29, 1.82) is 0 Å². The Bertz CT molecular complexity index is 796. The van der Waals surface area contributed by atoms with Crippen LogP contribution in [0.5, 0.6) is 0 Å². The average molecular weight is 282 g/mol. The Kier molecular flexibility index (Phi) is 3.16. The molecule has 3 rings (SSSR count). The lowest BCUT2D eigenvalue weighted by atomic mass is 10.0. The Balaban J connectivity index is 2.30. The van der Waals surface area contributed by atoms with Gasteiger partial charge in [0.25, 0.3) is 0 Å². The molecule has 0 unspecified atom stereocenters. The molecule has 0 atom stereocenters. The van der Waals surface area contributed by atoms with Gasteiger partial charge in [-0.3, -0.25) is 4.98 Å². The van der Waals surface area contributed by atoms with Crippen LogP contribution in [-0.4, -0.2) is 20.6 Å². The SMILES string of the molecule is C=C(C)c1nccc2c1cc1n2CC/C1=C(/CC)C(=O)O. The van der Waals surface area contributed by atoms with Crippen LogP contribution in [0, 0.1) is 0 Å². The third kappa shape index (κ3) is 1.98. The number of hydrogen-bond acceptors (Lipinski definition) is 2. The topological polar surface area (TPSA) is 55.1 Å². The third-order valence-electron chi connectivity index (χ3n) is 4.10. The minimum absolute atomic E-state index is 0.515. The number of carboxylic acid groups (broad SMARTS) is 1. The summed E-state index contributed by atoms with van der Waals surface area (Å²) in [6.07, 6.45) is 3.11. The summed E-state index contributed by atoms with van der Waals surface area (Å²) < 4.78 is 2.19. The molecule has 0 saturated heterocycles. The van der Waals surface area contributed by atoms with Gasteiger partial charge in [-0.05, 0) is 43.0 Å². The molecule has 0 amide bonds. The highest BCUT2D eigenvalue weighted by Gasteiger charge is 2.25. The standard InChI is InChI=1S/C17H18N2O2/c1-4-11(17(20)21)12-6-8-19-14-5-7-18-16(10(2)3)13(14)9-15(12)19/h5,7,9H,2,4,6,8H2,1,3H3,(H,20,21)/b12-11+. The van der Waals surface area contributed by atoms with Gasteiger partial charge < -0.3 is 9.67 Å². The van der Waals surface area contributed by atoms with E-state index in [4.69, 9.17) is 0 Å². The molecule has 1 aliphatic rings. The summed E-state index contributed by atoms with van der Waals surface area (Å²) in [5.74, 6) is -0.815. The monoisotopic (exact) mass is 282 g/mol. The van der Waals surface area contributed by atoms with Gasteiger partial charge in [0.05, 0.1) is 11.2 Å². The van der Waals surface area contributed by atoms with Crippen LogP contribution in [0.4, 0.5) is 0 Å². The number of nitrogens with zero attached hydrogens (tertiary/aromatic N) is 2. The molecule has 0 aliphatic carbocycles. The van der Waals surface area contributed by atoms with Gasteiger partial charge in [-0.2, -0.15) is 0 Å². The van der Waals surface area contributed by atoms with E-state index in [0.29, 0.717) is 12.0 Å². The lowest BCUT2D eigenvalue weighted by molar-refractivity contribution is -0.132. The maximum atomic E-state index is 11.4. The number of hydrogen-bond donors (Lipinski definition) is 1. The smallest absolute Gasteiger partial charge is 0.331 e. The molecule has 0 aromatic carbocycles. The fourth-order valence-electron chi connectivity index (χ4n) is 3.17. The van der Waals surface area contributed by atoms with Crippen LogP contribution in [-0.2, 0) is 11.3 Å². The minimum Gasteiger partial charge on any atom is -0.478 e. The summed E-state index contributed by atoms with van der Waals surface area (Å²) in [6.45, 7) is 8.63. The number of carbonyl (C=O) groups is 1. The maximum Gasteiger partial charge on any atom is 0.331 e. The van der Waals surface area contributed by atoms with Crippen molar-refractivity contribution in [1.82, 2.24) is 9.55 Å². The lowest BCUT2D eigenvalue weighted by Gasteiger charge is -2.03. The van der Waals surface area contributed by atoms with Crippen molar-refractivity contribution in [3.8, 4) is 0 Å². The van der Waals surface area contributed by atoms with Crippen molar-refractivity contribution in [3.05, 3.63) is 41.9 Å². The van der Waals surface area contributed by atoms with Gasteiger partial charge in [0.2, 0.25) is 0 Å². The lowest BCUT2D eigenvalue weighted by Crippen LogP contribution is -2.02. The zero-order valence-corrected chi connectivity index (χ0v) is 12.3. The summed E-state index contributed by atoms with van der Waals surface area (Å²) in [5, 5.41) is 10.4. The van der Waals surface area contributed by atoms with Gasteiger partial charge in [0.15, 0.2) is 0 Å². The highest BCUT2D eigenvalue weighted by molar-refractivity contribution is 6.00. The first-order valence-electron chi connectivity index (χ1n) is 7.14. The molecule has 0 saturated carbocycles.